The maximum Gasteiger partial charge on any atom is 0.251 e. The standard InChI is InChI=1S/C24H27N5O4S/c1-4-34(31,32)21-13-28-14-23(27-22(28)10-20(21)33-3)29-12-17(11-25-29)19-9-16(6-5-15(19)2)24(30)26-18-7-8-18/h5-6,9-11,13-14,17-18H,4,7-8,12H2,1-3H3,(H,26,30). The number of imidazole rings is 1. The second kappa shape index (κ2) is 8.43. The van der Waals surface area contributed by atoms with Crippen LogP contribution in [0.2, 0.25) is 0 Å². The van der Waals surface area contributed by atoms with E-state index in [9.17, 15) is 13.2 Å². The van der Waals surface area contributed by atoms with E-state index in [1.54, 1.807) is 28.6 Å². The summed E-state index contributed by atoms with van der Waals surface area (Å²) < 4.78 is 32.0. The van der Waals surface area contributed by atoms with Gasteiger partial charge in [0.25, 0.3) is 5.91 Å². The van der Waals surface area contributed by atoms with E-state index in [1.165, 1.54) is 13.3 Å². The lowest BCUT2D eigenvalue weighted by molar-refractivity contribution is 0.0951. The van der Waals surface area contributed by atoms with Crippen LogP contribution < -0.4 is 15.1 Å². The first-order valence-electron chi connectivity index (χ1n) is 11.3. The first-order chi connectivity index (χ1) is 16.3. The minimum atomic E-state index is -3.46. The molecular weight excluding hydrogens is 454 g/mol. The van der Waals surface area contributed by atoms with Gasteiger partial charge in [0.2, 0.25) is 0 Å². The number of pyridine rings is 1. The number of carbonyl (C=O) groups is 1. The molecule has 178 valence electrons. The Labute approximate surface area is 198 Å². The fourth-order valence-corrected chi connectivity index (χ4v) is 5.14. The van der Waals surface area contributed by atoms with E-state index in [2.05, 4.69) is 15.4 Å². The lowest BCUT2D eigenvalue weighted by Gasteiger charge is -2.16. The molecule has 1 fully saturated rings. The Balaban J connectivity index is 1.40. The smallest absolute Gasteiger partial charge is 0.251 e. The lowest BCUT2D eigenvalue weighted by Crippen LogP contribution is -2.25. The van der Waals surface area contributed by atoms with Gasteiger partial charge in [-0.1, -0.05) is 13.0 Å². The second-order valence-electron chi connectivity index (χ2n) is 8.75. The lowest BCUT2D eigenvalue weighted by atomic mass is 9.94. The van der Waals surface area contributed by atoms with Gasteiger partial charge in [0, 0.05) is 36.0 Å². The summed E-state index contributed by atoms with van der Waals surface area (Å²) in [5.74, 6) is 0.816. The number of fused-ring (bicyclic) bond motifs is 1. The number of hydrazone groups is 1. The van der Waals surface area contributed by atoms with E-state index in [0.717, 1.165) is 24.0 Å². The zero-order chi connectivity index (χ0) is 24.0. The average Bonchev–Trinajstić information content (AvgIpc) is 3.33. The molecule has 1 amide bonds. The molecule has 34 heavy (non-hydrogen) atoms. The summed E-state index contributed by atoms with van der Waals surface area (Å²) in [5, 5.41) is 9.37. The third-order valence-electron chi connectivity index (χ3n) is 6.32. The third kappa shape index (κ3) is 4.13. The number of rotatable bonds is 7. The van der Waals surface area contributed by atoms with Crippen LogP contribution in [0.4, 0.5) is 5.82 Å². The van der Waals surface area contributed by atoms with Gasteiger partial charge in [0.05, 0.1) is 25.6 Å². The summed E-state index contributed by atoms with van der Waals surface area (Å²) >= 11 is 0. The number of hydrogen-bond donors (Lipinski definition) is 1. The van der Waals surface area contributed by atoms with Crippen LogP contribution in [-0.4, -0.2) is 55.4 Å². The first kappa shape index (κ1) is 22.4. The number of benzene rings is 1. The highest BCUT2D eigenvalue weighted by Crippen LogP contribution is 2.31. The van der Waals surface area contributed by atoms with Crippen LogP contribution in [0.3, 0.4) is 0 Å². The fraction of sp³-hybridized carbons (Fsp3) is 0.375. The molecule has 10 heteroatoms. The van der Waals surface area contributed by atoms with Gasteiger partial charge in [0.1, 0.15) is 16.3 Å². The predicted molar refractivity (Wildman–Crippen MR) is 130 cm³/mol. The van der Waals surface area contributed by atoms with Crippen LogP contribution in [0, 0.1) is 6.92 Å². The highest BCUT2D eigenvalue weighted by atomic mass is 32.2. The van der Waals surface area contributed by atoms with Crippen molar-refractivity contribution in [3.8, 4) is 5.75 Å². The van der Waals surface area contributed by atoms with Gasteiger partial charge >= 0.3 is 0 Å². The van der Waals surface area contributed by atoms with E-state index in [-0.39, 0.29) is 28.2 Å². The van der Waals surface area contributed by atoms with Crippen molar-refractivity contribution in [2.24, 2.45) is 5.10 Å². The number of amides is 1. The van der Waals surface area contributed by atoms with Crippen molar-refractivity contribution in [3.63, 3.8) is 0 Å². The van der Waals surface area contributed by atoms with E-state index < -0.39 is 9.84 Å². The molecule has 0 radical (unpaired) electrons. The van der Waals surface area contributed by atoms with Gasteiger partial charge < -0.3 is 14.5 Å². The molecule has 1 atom stereocenters. The van der Waals surface area contributed by atoms with Gasteiger partial charge in [-0.3, -0.25) is 4.79 Å². The molecule has 1 unspecified atom stereocenters. The maximum absolute atomic E-state index is 12.5. The molecule has 0 bridgehead atoms. The van der Waals surface area contributed by atoms with Crippen molar-refractivity contribution in [2.75, 3.05) is 24.4 Å². The fourth-order valence-electron chi connectivity index (χ4n) is 4.11. The number of anilines is 1. The van der Waals surface area contributed by atoms with Crippen LogP contribution >= 0.6 is 0 Å². The van der Waals surface area contributed by atoms with Crippen molar-refractivity contribution < 1.29 is 17.9 Å². The summed E-state index contributed by atoms with van der Waals surface area (Å²) in [7, 11) is -2.01. The second-order valence-corrected chi connectivity index (χ2v) is 11.0. The maximum atomic E-state index is 12.5. The summed E-state index contributed by atoms with van der Waals surface area (Å²) in [5.41, 5.74) is 3.37. The normalized spacial score (nSPS) is 18.0. The molecule has 1 N–H and O–H groups in total. The molecule has 0 spiro atoms. The molecule has 3 aromatic rings. The predicted octanol–water partition coefficient (Wildman–Crippen LogP) is 2.93. The molecule has 1 aliphatic carbocycles. The molecule has 1 saturated carbocycles. The number of aryl methyl sites for hydroxylation is 1. The number of nitrogens with zero attached hydrogens (tertiary/aromatic N) is 4. The largest absolute Gasteiger partial charge is 0.495 e. The average molecular weight is 482 g/mol. The van der Waals surface area contributed by atoms with E-state index in [0.29, 0.717) is 29.6 Å². The highest BCUT2D eigenvalue weighted by Gasteiger charge is 2.27. The minimum Gasteiger partial charge on any atom is -0.495 e. The number of hydrogen-bond acceptors (Lipinski definition) is 7. The zero-order valence-electron chi connectivity index (χ0n) is 19.4. The van der Waals surface area contributed by atoms with Gasteiger partial charge in [-0.05, 0) is 43.0 Å². The monoisotopic (exact) mass is 481 g/mol. The van der Waals surface area contributed by atoms with Crippen molar-refractivity contribution in [1.82, 2.24) is 14.7 Å². The van der Waals surface area contributed by atoms with Gasteiger partial charge in [-0.25, -0.2) is 18.4 Å². The van der Waals surface area contributed by atoms with Gasteiger partial charge in [-0.2, -0.15) is 5.10 Å². The van der Waals surface area contributed by atoms with Crippen LogP contribution in [0.15, 0.2) is 46.7 Å². The molecule has 1 aromatic carbocycles. The third-order valence-corrected chi connectivity index (χ3v) is 8.05. The minimum absolute atomic E-state index is 0.00375. The van der Waals surface area contributed by atoms with Crippen molar-refractivity contribution >= 4 is 33.4 Å². The molecule has 2 aliphatic rings. The number of methoxy groups -OCH3 is 1. The topological polar surface area (TPSA) is 105 Å². The molecule has 1 aliphatic heterocycles. The van der Waals surface area contributed by atoms with Crippen LogP contribution in [0.1, 0.15) is 47.2 Å². The number of carbonyl (C=O) groups excluding carboxylic acids is 1. The molecule has 3 heterocycles. The van der Waals surface area contributed by atoms with Gasteiger partial charge in [-0.15, -0.1) is 0 Å². The summed E-state index contributed by atoms with van der Waals surface area (Å²) in [6.45, 7) is 4.20. The molecular formula is C24H27N5O4S. The Morgan fingerprint density at radius 2 is 2.03 bits per heavy atom. The number of nitrogens with one attached hydrogen (secondary N) is 1. The quantitative estimate of drug-likeness (QED) is 0.556. The number of aromatic nitrogens is 2. The molecule has 2 aromatic heterocycles. The Hall–Kier alpha value is -3.40. The molecule has 9 nitrogen and oxygen atoms in total. The van der Waals surface area contributed by atoms with Crippen LogP contribution in [-0.2, 0) is 9.84 Å². The van der Waals surface area contributed by atoms with E-state index >= 15 is 0 Å². The summed E-state index contributed by atoms with van der Waals surface area (Å²) in [6.07, 6.45) is 7.25. The summed E-state index contributed by atoms with van der Waals surface area (Å²) in [6, 6.07) is 7.71. The van der Waals surface area contributed by atoms with E-state index in [1.807, 2.05) is 31.3 Å². The zero-order valence-corrected chi connectivity index (χ0v) is 20.2. The first-order valence-corrected chi connectivity index (χ1v) is 13.0. The van der Waals surface area contributed by atoms with Crippen LogP contribution in [0.5, 0.6) is 5.75 Å². The molecule has 0 saturated heterocycles. The Morgan fingerprint density at radius 3 is 2.74 bits per heavy atom. The van der Waals surface area contributed by atoms with Crippen molar-refractivity contribution in [1.29, 1.82) is 0 Å². The van der Waals surface area contributed by atoms with Crippen molar-refractivity contribution in [2.45, 2.75) is 43.5 Å². The number of ether oxygens (including phenoxy) is 1. The van der Waals surface area contributed by atoms with Gasteiger partial charge in [0.15, 0.2) is 15.7 Å². The van der Waals surface area contributed by atoms with E-state index in [4.69, 9.17) is 4.74 Å². The van der Waals surface area contributed by atoms with Crippen molar-refractivity contribution in [3.05, 3.63) is 53.3 Å². The highest BCUT2D eigenvalue weighted by molar-refractivity contribution is 7.91. The SMILES string of the molecule is CCS(=O)(=O)c1cn2cc(N3CC(c4cc(C(=O)NC5CC5)ccc4C)C=N3)nc2cc1OC. The Morgan fingerprint density at radius 1 is 1.24 bits per heavy atom. The number of sulfone groups is 1. The van der Waals surface area contributed by atoms with Crippen LogP contribution in [0.25, 0.3) is 5.65 Å². The Bertz CT molecular complexity index is 1410. The Kier molecular flexibility index (Phi) is 5.55. The molecule has 5 rings (SSSR count). The summed E-state index contributed by atoms with van der Waals surface area (Å²) in [4.78, 5) is 17.3.